The highest BCUT2D eigenvalue weighted by Gasteiger charge is 2.05. The van der Waals surface area contributed by atoms with Crippen LogP contribution in [0, 0.1) is 0 Å². The maximum Gasteiger partial charge on any atom is 0.159 e. The molecule has 3 aromatic rings. The molecule has 0 atom stereocenters. The number of nitrogens with zero attached hydrogens (tertiary/aromatic N) is 3. The highest BCUT2D eigenvalue weighted by atomic mass is 79.9. The van der Waals surface area contributed by atoms with Gasteiger partial charge < -0.3 is 9.30 Å². The Morgan fingerprint density at radius 1 is 1.21 bits per heavy atom. The van der Waals surface area contributed by atoms with E-state index in [9.17, 15) is 0 Å². The molecular weight excluding hydrogens is 306 g/mol. The van der Waals surface area contributed by atoms with Crippen LogP contribution >= 0.6 is 15.9 Å². The maximum atomic E-state index is 5.15. The first-order valence-corrected chi connectivity index (χ1v) is 6.66. The molecule has 0 unspecified atom stereocenters. The molecule has 0 saturated heterocycles. The van der Waals surface area contributed by atoms with Gasteiger partial charge in [0.25, 0.3) is 0 Å². The summed E-state index contributed by atoms with van der Waals surface area (Å²) in [4.78, 5) is 8.78. The molecule has 3 rings (SSSR count). The number of hydrogen-bond donors (Lipinski definition) is 0. The Morgan fingerprint density at radius 3 is 2.74 bits per heavy atom. The Hall–Kier alpha value is -1.88. The molecule has 0 amide bonds. The summed E-state index contributed by atoms with van der Waals surface area (Å²) in [6.07, 6.45) is 3.72. The van der Waals surface area contributed by atoms with E-state index in [-0.39, 0.29) is 0 Å². The van der Waals surface area contributed by atoms with E-state index < -0.39 is 0 Å². The van der Waals surface area contributed by atoms with Gasteiger partial charge in [0.15, 0.2) is 5.65 Å². The summed E-state index contributed by atoms with van der Waals surface area (Å²) in [7, 11) is 1.67. The van der Waals surface area contributed by atoms with Crippen LogP contribution < -0.4 is 4.74 Å². The second-order valence-corrected chi connectivity index (χ2v) is 5.01. The summed E-state index contributed by atoms with van der Waals surface area (Å²) >= 11 is 3.33. The molecule has 0 saturated carbocycles. The highest BCUT2D eigenvalue weighted by Crippen LogP contribution is 2.17. The average Bonchev–Trinajstić information content (AvgIpc) is 2.82. The lowest BCUT2D eigenvalue weighted by molar-refractivity contribution is 0.414. The Labute approximate surface area is 119 Å². The van der Waals surface area contributed by atoms with Gasteiger partial charge in [-0.25, -0.2) is 9.97 Å². The van der Waals surface area contributed by atoms with E-state index in [1.54, 1.807) is 13.3 Å². The second-order valence-electron chi connectivity index (χ2n) is 4.19. The topological polar surface area (TPSA) is 39.9 Å². The Kier molecular flexibility index (Phi) is 3.21. The Bertz CT molecular complexity index is 706. The molecule has 2 aromatic heterocycles. The number of aromatic nitrogens is 3. The molecule has 0 fully saturated rings. The van der Waals surface area contributed by atoms with Gasteiger partial charge in [0.1, 0.15) is 15.9 Å². The van der Waals surface area contributed by atoms with Crippen LogP contribution in [0.4, 0.5) is 0 Å². The fourth-order valence-electron chi connectivity index (χ4n) is 1.99. The molecule has 19 heavy (non-hydrogen) atoms. The standard InChI is InChI=1S/C14H12BrN3O/c1-19-11-4-2-10(3-5-11)9-18-7-6-12-14(18)16-8-13(15)17-12/h2-8H,9H2,1H3. The zero-order chi connectivity index (χ0) is 13.2. The van der Waals surface area contributed by atoms with Crippen molar-refractivity contribution in [1.82, 2.24) is 14.5 Å². The molecular formula is C14H12BrN3O. The molecule has 5 heteroatoms. The normalized spacial score (nSPS) is 10.8. The van der Waals surface area contributed by atoms with Crippen molar-refractivity contribution >= 4 is 27.1 Å². The predicted molar refractivity (Wildman–Crippen MR) is 77.3 cm³/mol. The fraction of sp³-hybridized carbons (Fsp3) is 0.143. The highest BCUT2D eigenvalue weighted by molar-refractivity contribution is 9.10. The van der Waals surface area contributed by atoms with Crippen LogP contribution in [0.1, 0.15) is 5.56 Å². The monoisotopic (exact) mass is 317 g/mol. The van der Waals surface area contributed by atoms with Crippen molar-refractivity contribution in [2.75, 3.05) is 7.11 Å². The Balaban J connectivity index is 1.92. The zero-order valence-corrected chi connectivity index (χ0v) is 12.0. The van der Waals surface area contributed by atoms with Crippen molar-refractivity contribution in [2.24, 2.45) is 0 Å². The number of rotatable bonds is 3. The van der Waals surface area contributed by atoms with E-state index in [4.69, 9.17) is 4.74 Å². The van der Waals surface area contributed by atoms with Gasteiger partial charge in [-0.1, -0.05) is 12.1 Å². The minimum atomic E-state index is 0.752. The number of benzene rings is 1. The van der Waals surface area contributed by atoms with Crippen molar-refractivity contribution in [3.05, 3.63) is 52.9 Å². The number of methoxy groups -OCH3 is 1. The van der Waals surface area contributed by atoms with Gasteiger partial charge in [-0.05, 0) is 39.7 Å². The minimum Gasteiger partial charge on any atom is -0.497 e. The van der Waals surface area contributed by atoms with E-state index in [2.05, 4.69) is 42.6 Å². The summed E-state index contributed by atoms with van der Waals surface area (Å²) in [5, 5.41) is 0. The van der Waals surface area contributed by atoms with Gasteiger partial charge in [0.05, 0.1) is 13.3 Å². The molecule has 96 valence electrons. The van der Waals surface area contributed by atoms with Crippen molar-refractivity contribution in [1.29, 1.82) is 0 Å². The molecule has 0 N–H and O–H groups in total. The van der Waals surface area contributed by atoms with Gasteiger partial charge in [-0.15, -0.1) is 0 Å². The summed E-state index contributed by atoms with van der Waals surface area (Å²) in [6.45, 7) is 0.768. The quantitative estimate of drug-likeness (QED) is 0.744. The van der Waals surface area contributed by atoms with Gasteiger partial charge >= 0.3 is 0 Å². The number of halogens is 1. The van der Waals surface area contributed by atoms with Crippen LogP contribution in [0.2, 0.25) is 0 Å². The van der Waals surface area contributed by atoms with E-state index >= 15 is 0 Å². The average molecular weight is 318 g/mol. The summed E-state index contributed by atoms with van der Waals surface area (Å²) in [6, 6.07) is 10.00. The fourth-order valence-corrected chi connectivity index (χ4v) is 2.29. The van der Waals surface area contributed by atoms with Crippen LogP contribution in [0.25, 0.3) is 11.2 Å². The third-order valence-corrected chi connectivity index (χ3v) is 3.33. The first kappa shape index (κ1) is 12.2. The molecule has 0 bridgehead atoms. The molecule has 0 aliphatic rings. The van der Waals surface area contributed by atoms with E-state index in [0.717, 1.165) is 28.1 Å². The molecule has 1 aromatic carbocycles. The summed E-state index contributed by atoms with van der Waals surface area (Å²) in [5.74, 6) is 0.866. The van der Waals surface area contributed by atoms with Crippen LogP contribution in [0.3, 0.4) is 0 Å². The third-order valence-electron chi connectivity index (χ3n) is 2.95. The molecule has 4 nitrogen and oxygen atoms in total. The lowest BCUT2D eigenvalue weighted by Gasteiger charge is -2.06. The van der Waals surface area contributed by atoms with E-state index in [1.807, 2.05) is 24.4 Å². The molecule has 0 spiro atoms. The SMILES string of the molecule is COc1ccc(Cn2ccc3nc(Br)cnc32)cc1. The van der Waals surface area contributed by atoms with Crippen LogP contribution in [-0.4, -0.2) is 21.6 Å². The maximum absolute atomic E-state index is 5.15. The van der Waals surface area contributed by atoms with Gasteiger partial charge in [0.2, 0.25) is 0 Å². The molecule has 2 heterocycles. The number of ether oxygens (including phenoxy) is 1. The number of hydrogen-bond acceptors (Lipinski definition) is 3. The van der Waals surface area contributed by atoms with Crippen molar-refractivity contribution in [3.63, 3.8) is 0 Å². The second kappa shape index (κ2) is 5.01. The van der Waals surface area contributed by atoms with Crippen molar-refractivity contribution in [2.45, 2.75) is 6.54 Å². The van der Waals surface area contributed by atoms with Gasteiger partial charge in [-0.3, -0.25) is 0 Å². The van der Waals surface area contributed by atoms with E-state index in [1.165, 1.54) is 5.56 Å². The van der Waals surface area contributed by atoms with Gasteiger partial charge in [0, 0.05) is 12.7 Å². The molecule has 0 aliphatic carbocycles. The largest absolute Gasteiger partial charge is 0.497 e. The van der Waals surface area contributed by atoms with Crippen LogP contribution in [-0.2, 0) is 6.54 Å². The predicted octanol–water partition coefficient (Wildman–Crippen LogP) is 3.25. The lowest BCUT2D eigenvalue weighted by atomic mass is 10.2. The first-order valence-electron chi connectivity index (χ1n) is 5.86. The zero-order valence-electron chi connectivity index (χ0n) is 10.4. The summed E-state index contributed by atoms with van der Waals surface area (Å²) < 4.78 is 7.99. The van der Waals surface area contributed by atoms with Crippen LogP contribution in [0.15, 0.2) is 47.3 Å². The number of fused-ring (bicyclic) bond motifs is 1. The van der Waals surface area contributed by atoms with Crippen molar-refractivity contribution < 1.29 is 4.74 Å². The van der Waals surface area contributed by atoms with Crippen molar-refractivity contribution in [3.8, 4) is 5.75 Å². The van der Waals surface area contributed by atoms with Crippen LogP contribution in [0.5, 0.6) is 5.75 Å². The smallest absolute Gasteiger partial charge is 0.159 e. The van der Waals surface area contributed by atoms with E-state index in [0.29, 0.717) is 0 Å². The Morgan fingerprint density at radius 2 is 2.00 bits per heavy atom. The minimum absolute atomic E-state index is 0.752. The third kappa shape index (κ3) is 2.46. The molecule has 0 radical (unpaired) electrons. The van der Waals surface area contributed by atoms with Gasteiger partial charge in [-0.2, -0.15) is 0 Å². The molecule has 0 aliphatic heterocycles. The summed E-state index contributed by atoms with van der Waals surface area (Å²) in [5.41, 5.74) is 2.98. The lowest BCUT2D eigenvalue weighted by Crippen LogP contribution is -1.99. The first-order chi connectivity index (χ1) is 9.26.